The lowest BCUT2D eigenvalue weighted by molar-refractivity contribution is 0.198. The minimum Gasteiger partial charge on any atom is -0.348 e. The third-order valence-corrected chi connectivity index (χ3v) is 5.31. The van der Waals surface area contributed by atoms with Gasteiger partial charge in [0.05, 0.1) is 40.1 Å². The lowest BCUT2D eigenvalue weighted by Gasteiger charge is -2.35. The third kappa shape index (κ3) is 2.73. The highest BCUT2D eigenvalue weighted by atomic mass is 35.5. The molecule has 1 unspecified atom stereocenters. The van der Waals surface area contributed by atoms with E-state index in [9.17, 15) is 0 Å². The van der Waals surface area contributed by atoms with E-state index in [1.807, 2.05) is 25.1 Å². The van der Waals surface area contributed by atoms with Gasteiger partial charge in [0.1, 0.15) is 0 Å². The van der Waals surface area contributed by atoms with E-state index in [1.165, 1.54) is 5.69 Å². The Hall–Kier alpha value is -1.82. The summed E-state index contributed by atoms with van der Waals surface area (Å²) in [5.74, 6) is 0. The standard InChI is InChI=1S/C17H17Cl2N5/c1-10-15(22-8-20-10)7-24-5-4-14-16(23-9-21-14)17(24)11-2-3-12(18)13(19)6-11/h2-3,6,8-9,17H,4-5,7H2,1H3,(H,20,22)(H,21,23). The van der Waals surface area contributed by atoms with Crippen LogP contribution in [0.2, 0.25) is 10.0 Å². The maximum Gasteiger partial charge on any atom is 0.0926 e. The molecule has 0 saturated heterocycles. The Bertz CT molecular complexity index is 870. The van der Waals surface area contributed by atoms with Gasteiger partial charge in [-0.3, -0.25) is 4.90 Å². The quantitative estimate of drug-likeness (QED) is 0.743. The lowest BCUT2D eigenvalue weighted by Crippen LogP contribution is -2.36. The maximum atomic E-state index is 6.25. The highest BCUT2D eigenvalue weighted by molar-refractivity contribution is 6.42. The number of H-pyrrole nitrogens is 2. The number of imidazole rings is 2. The van der Waals surface area contributed by atoms with Crippen LogP contribution in [0.15, 0.2) is 30.9 Å². The molecular weight excluding hydrogens is 345 g/mol. The molecular formula is C17H17Cl2N5. The second kappa shape index (κ2) is 6.24. The number of aromatic amines is 2. The number of halogens is 2. The SMILES string of the molecule is Cc1[nH]cnc1CN1CCc2[nH]cnc2C1c1ccc(Cl)c(Cl)c1. The van der Waals surface area contributed by atoms with Crippen LogP contribution in [-0.4, -0.2) is 31.4 Å². The molecule has 3 heterocycles. The largest absolute Gasteiger partial charge is 0.348 e. The number of hydrogen-bond acceptors (Lipinski definition) is 3. The number of aryl methyl sites for hydroxylation is 1. The third-order valence-electron chi connectivity index (χ3n) is 4.57. The zero-order valence-corrected chi connectivity index (χ0v) is 14.7. The van der Waals surface area contributed by atoms with Gasteiger partial charge in [-0.15, -0.1) is 0 Å². The van der Waals surface area contributed by atoms with Gasteiger partial charge in [0.15, 0.2) is 0 Å². The minimum atomic E-state index is 0.0332. The first-order chi connectivity index (χ1) is 11.6. The predicted octanol–water partition coefficient (Wildman–Crippen LogP) is 3.90. The molecule has 0 fully saturated rings. The fourth-order valence-electron chi connectivity index (χ4n) is 3.29. The molecule has 124 valence electrons. The Morgan fingerprint density at radius 2 is 2.00 bits per heavy atom. The van der Waals surface area contributed by atoms with Crippen LogP contribution in [0.3, 0.4) is 0 Å². The second-order valence-electron chi connectivity index (χ2n) is 6.04. The van der Waals surface area contributed by atoms with Crippen molar-refractivity contribution in [1.82, 2.24) is 24.8 Å². The molecule has 1 aromatic carbocycles. The molecule has 2 N–H and O–H groups in total. The zero-order chi connectivity index (χ0) is 16.7. The Balaban J connectivity index is 1.75. The molecule has 0 bridgehead atoms. The van der Waals surface area contributed by atoms with Gasteiger partial charge in [0, 0.05) is 30.9 Å². The summed E-state index contributed by atoms with van der Waals surface area (Å²) in [5.41, 5.74) is 5.47. The van der Waals surface area contributed by atoms with Crippen LogP contribution in [0.5, 0.6) is 0 Å². The normalized spacial score (nSPS) is 17.9. The van der Waals surface area contributed by atoms with E-state index in [0.717, 1.165) is 42.2 Å². The average molecular weight is 362 g/mol. The van der Waals surface area contributed by atoms with Gasteiger partial charge in [-0.1, -0.05) is 29.3 Å². The molecule has 0 spiro atoms. The Morgan fingerprint density at radius 3 is 2.75 bits per heavy atom. The van der Waals surface area contributed by atoms with Gasteiger partial charge in [0.25, 0.3) is 0 Å². The zero-order valence-electron chi connectivity index (χ0n) is 13.2. The number of hydrogen-bond donors (Lipinski definition) is 2. The van der Waals surface area contributed by atoms with E-state index in [4.69, 9.17) is 23.2 Å². The summed E-state index contributed by atoms with van der Waals surface area (Å²) in [6, 6.07) is 5.83. The van der Waals surface area contributed by atoms with Crippen LogP contribution in [0, 0.1) is 6.92 Å². The van der Waals surface area contributed by atoms with Crippen molar-refractivity contribution in [2.75, 3.05) is 6.54 Å². The molecule has 0 amide bonds. The second-order valence-corrected chi connectivity index (χ2v) is 6.85. The number of rotatable bonds is 3. The molecule has 5 nitrogen and oxygen atoms in total. The molecule has 0 aliphatic carbocycles. The fourth-order valence-corrected chi connectivity index (χ4v) is 3.59. The highest BCUT2D eigenvalue weighted by Crippen LogP contribution is 2.36. The molecule has 1 aliphatic rings. The number of benzene rings is 1. The molecule has 1 aliphatic heterocycles. The van der Waals surface area contributed by atoms with Crippen molar-refractivity contribution in [2.45, 2.75) is 25.9 Å². The number of fused-ring (bicyclic) bond motifs is 1. The average Bonchev–Trinajstić information content (AvgIpc) is 3.19. The summed E-state index contributed by atoms with van der Waals surface area (Å²) in [5, 5.41) is 1.13. The summed E-state index contributed by atoms with van der Waals surface area (Å²) >= 11 is 12.3. The van der Waals surface area contributed by atoms with Gasteiger partial charge in [-0.2, -0.15) is 0 Å². The summed E-state index contributed by atoms with van der Waals surface area (Å²) in [6.45, 7) is 3.72. The Morgan fingerprint density at radius 1 is 1.17 bits per heavy atom. The van der Waals surface area contributed by atoms with Crippen molar-refractivity contribution in [2.24, 2.45) is 0 Å². The summed E-state index contributed by atoms with van der Waals surface area (Å²) in [7, 11) is 0. The topological polar surface area (TPSA) is 60.6 Å². The van der Waals surface area contributed by atoms with E-state index in [2.05, 4.69) is 24.8 Å². The van der Waals surface area contributed by atoms with Crippen molar-refractivity contribution in [3.63, 3.8) is 0 Å². The minimum absolute atomic E-state index is 0.0332. The van der Waals surface area contributed by atoms with Crippen LogP contribution in [0.4, 0.5) is 0 Å². The van der Waals surface area contributed by atoms with Gasteiger partial charge in [-0.25, -0.2) is 9.97 Å². The molecule has 24 heavy (non-hydrogen) atoms. The lowest BCUT2D eigenvalue weighted by atomic mass is 9.95. The first-order valence-electron chi connectivity index (χ1n) is 7.83. The molecule has 0 radical (unpaired) electrons. The van der Waals surface area contributed by atoms with Crippen LogP contribution in [-0.2, 0) is 13.0 Å². The number of aromatic nitrogens is 4. The first-order valence-corrected chi connectivity index (χ1v) is 8.59. The highest BCUT2D eigenvalue weighted by Gasteiger charge is 2.31. The van der Waals surface area contributed by atoms with Crippen LogP contribution in [0.1, 0.15) is 34.4 Å². The summed E-state index contributed by atoms with van der Waals surface area (Å²) in [4.78, 5) is 17.8. The summed E-state index contributed by atoms with van der Waals surface area (Å²) < 4.78 is 0. The van der Waals surface area contributed by atoms with Crippen molar-refractivity contribution >= 4 is 23.2 Å². The van der Waals surface area contributed by atoms with Crippen molar-refractivity contribution in [1.29, 1.82) is 0 Å². The van der Waals surface area contributed by atoms with Crippen LogP contribution in [0.25, 0.3) is 0 Å². The van der Waals surface area contributed by atoms with Crippen molar-refractivity contribution in [3.8, 4) is 0 Å². The van der Waals surface area contributed by atoms with Crippen molar-refractivity contribution < 1.29 is 0 Å². The van der Waals surface area contributed by atoms with Crippen LogP contribution >= 0.6 is 23.2 Å². The maximum absolute atomic E-state index is 6.25. The fraction of sp³-hybridized carbons (Fsp3) is 0.294. The van der Waals surface area contributed by atoms with Gasteiger partial charge < -0.3 is 9.97 Å². The molecule has 2 aromatic heterocycles. The van der Waals surface area contributed by atoms with E-state index >= 15 is 0 Å². The monoisotopic (exact) mass is 361 g/mol. The van der Waals surface area contributed by atoms with Crippen molar-refractivity contribution in [3.05, 3.63) is 69.2 Å². The molecule has 3 aromatic rings. The number of nitrogens with one attached hydrogen (secondary N) is 2. The first kappa shape index (κ1) is 15.7. The molecule has 7 heteroatoms. The van der Waals surface area contributed by atoms with Crippen LogP contribution < -0.4 is 0 Å². The van der Waals surface area contributed by atoms with E-state index in [-0.39, 0.29) is 6.04 Å². The molecule has 4 rings (SSSR count). The van der Waals surface area contributed by atoms with E-state index < -0.39 is 0 Å². The smallest absolute Gasteiger partial charge is 0.0926 e. The Kier molecular flexibility index (Phi) is 4.08. The van der Waals surface area contributed by atoms with Gasteiger partial charge >= 0.3 is 0 Å². The van der Waals surface area contributed by atoms with E-state index in [1.54, 1.807) is 12.7 Å². The predicted molar refractivity (Wildman–Crippen MR) is 94.3 cm³/mol. The van der Waals surface area contributed by atoms with Gasteiger partial charge in [0.2, 0.25) is 0 Å². The number of nitrogens with zero attached hydrogens (tertiary/aromatic N) is 3. The summed E-state index contributed by atoms with van der Waals surface area (Å²) in [6.07, 6.45) is 4.44. The molecule has 1 atom stereocenters. The molecule has 0 saturated carbocycles. The van der Waals surface area contributed by atoms with Gasteiger partial charge in [-0.05, 0) is 24.6 Å². The van der Waals surface area contributed by atoms with E-state index in [0.29, 0.717) is 10.0 Å². The Labute approximate surface area is 150 Å².